The van der Waals surface area contributed by atoms with E-state index < -0.39 is 0 Å². The van der Waals surface area contributed by atoms with Gasteiger partial charge in [0.05, 0.1) is 11.1 Å². The topological polar surface area (TPSA) is 75.2 Å². The summed E-state index contributed by atoms with van der Waals surface area (Å²) in [6, 6.07) is 6.93. The molecule has 0 aromatic carbocycles. The van der Waals surface area contributed by atoms with Gasteiger partial charge in [-0.2, -0.15) is 0 Å². The van der Waals surface area contributed by atoms with Crippen molar-refractivity contribution in [3.63, 3.8) is 0 Å². The number of carbonyl (C=O) groups excluding carboxylic acids is 2. The van der Waals surface area contributed by atoms with Crippen molar-refractivity contribution in [3.05, 3.63) is 60.2 Å². The standard InChI is InChI=1S/C18H20N4O2.2ClH/c23-17(14-6-4-9-19-12-14)21-16-8-2-1-3-11-22(16)18(24)15-7-5-10-20-13-15;;/h4-7,9-10,12-13,16H,1-3,8,11H2,(H,21,23);2*1H. The Kier molecular flexibility index (Phi) is 9.02. The number of nitrogens with one attached hydrogen (secondary N) is 1. The van der Waals surface area contributed by atoms with Crippen LogP contribution in [0.1, 0.15) is 46.4 Å². The van der Waals surface area contributed by atoms with Gasteiger partial charge in [0.1, 0.15) is 6.17 Å². The van der Waals surface area contributed by atoms with Gasteiger partial charge in [-0.15, -0.1) is 24.8 Å². The van der Waals surface area contributed by atoms with Crippen LogP contribution in [0.25, 0.3) is 0 Å². The normalized spacial score (nSPS) is 16.5. The molecule has 3 rings (SSSR count). The van der Waals surface area contributed by atoms with Crippen LogP contribution in [0.15, 0.2) is 49.1 Å². The second kappa shape index (κ2) is 10.7. The Morgan fingerprint density at radius 1 is 0.962 bits per heavy atom. The van der Waals surface area contributed by atoms with Crippen LogP contribution in [0.2, 0.25) is 0 Å². The van der Waals surface area contributed by atoms with Gasteiger partial charge in [0.15, 0.2) is 0 Å². The summed E-state index contributed by atoms with van der Waals surface area (Å²) in [5.74, 6) is -0.305. The maximum Gasteiger partial charge on any atom is 0.257 e. The average Bonchev–Trinajstić information content (AvgIpc) is 2.88. The van der Waals surface area contributed by atoms with Gasteiger partial charge >= 0.3 is 0 Å². The van der Waals surface area contributed by atoms with Crippen LogP contribution in [0.4, 0.5) is 0 Å². The number of aromatic nitrogens is 2. The fraction of sp³-hybridized carbons (Fsp3) is 0.333. The van der Waals surface area contributed by atoms with Crippen LogP contribution >= 0.6 is 24.8 Å². The number of hydrogen-bond donors (Lipinski definition) is 1. The van der Waals surface area contributed by atoms with Crippen molar-refractivity contribution in [2.45, 2.75) is 31.8 Å². The summed E-state index contributed by atoms with van der Waals surface area (Å²) in [7, 11) is 0. The molecule has 140 valence electrons. The predicted molar refractivity (Wildman–Crippen MR) is 104 cm³/mol. The van der Waals surface area contributed by atoms with E-state index in [-0.39, 0.29) is 42.8 Å². The molecule has 0 spiro atoms. The third kappa shape index (κ3) is 5.41. The lowest BCUT2D eigenvalue weighted by Crippen LogP contribution is -2.50. The molecule has 0 bridgehead atoms. The first-order valence-corrected chi connectivity index (χ1v) is 8.17. The highest BCUT2D eigenvalue weighted by Gasteiger charge is 2.27. The fourth-order valence-electron chi connectivity index (χ4n) is 2.89. The zero-order valence-corrected chi connectivity index (χ0v) is 15.8. The molecule has 26 heavy (non-hydrogen) atoms. The third-order valence-corrected chi connectivity index (χ3v) is 4.14. The van der Waals surface area contributed by atoms with E-state index in [1.165, 1.54) is 6.20 Å². The van der Waals surface area contributed by atoms with Gasteiger partial charge in [-0.1, -0.05) is 6.42 Å². The number of halogens is 2. The molecule has 1 fully saturated rings. The maximum atomic E-state index is 12.8. The van der Waals surface area contributed by atoms with E-state index in [1.807, 2.05) is 0 Å². The van der Waals surface area contributed by atoms with E-state index >= 15 is 0 Å². The number of hydrogen-bond acceptors (Lipinski definition) is 4. The van der Waals surface area contributed by atoms with Crippen LogP contribution in [-0.4, -0.2) is 39.4 Å². The average molecular weight is 397 g/mol. The largest absolute Gasteiger partial charge is 0.332 e. The fourth-order valence-corrected chi connectivity index (χ4v) is 2.89. The first-order valence-electron chi connectivity index (χ1n) is 8.17. The van der Waals surface area contributed by atoms with Gasteiger partial charge in [-0.3, -0.25) is 19.6 Å². The Morgan fingerprint density at radius 2 is 1.62 bits per heavy atom. The third-order valence-electron chi connectivity index (χ3n) is 4.14. The minimum Gasteiger partial charge on any atom is -0.332 e. The Balaban J connectivity index is 0.00000169. The number of likely N-dealkylation sites (tertiary alicyclic amines) is 1. The smallest absolute Gasteiger partial charge is 0.257 e. The molecule has 1 aliphatic heterocycles. The van der Waals surface area contributed by atoms with Gasteiger partial charge in [0.25, 0.3) is 11.8 Å². The van der Waals surface area contributed by atoms with E-state index in [0.29, 0.717) is 17.7 Å². The van der Waals surface area contributed by atoms with Crippen LogP contribution in [0.3, 0.4) is 0 Å². The molecular formula is C18H22Cl2N4O2. The monoisotopic (exact) mass is 396 g/mol. The Labute approximate surface area is 165 Å². The molecule has 6 nitrogen and oxygen atoms in total. The Hall–Kier alpha value is -2.18. The molecule has 1 N–H and O–H groups in total. The maximum absolute atomic E-state index is 12.8. The molecule has 1 aliphatic rings. The lowest BCUT2D eigenvalue weighted by Gasteiger charge is -2.30. The SMILES string of the molecule is Cl.Cl.O=C(NC1CCCCCN1C(=O)c1cccnc1)c1cccnc1. The molecule has 1 unspecified atom stereocenters. The van der Waals surface area contributed by atoms with Gasteiger partial charge in [-0.05, 0) is 43.5 Å². The number of carbonyl (C=O) groups is 2. The molecule has 2 aromatic heterocycles. The van der Waals surface area contributed by atoms with Crippen molar-refractivity contribution < 1.29 is 9.59 Å². The highest BCUT2D eigenvalue weighted by atomic mass is 35.5. The van der Waals surface area contributed by atoms with Crippen molar-refractivity contribution in [1.29, 1.82) is 0 Å². The van der Waals surface area contributed by atoms with Crippen molar-refractivity contribution in [1.82, 2.24) is 20.2 Å². The summed E-state index contributed by atoms with van der Waals surface area (Å²) >= 11 is 0. The highest BCUT2D eigenvalue weighted by molar-refractivity contribution is 5.96. The summed E-state index contributed by atoms with van der Waals surface area (Å²) in [6.45, 7) is 0.631. The van der Waals surface area contributed by atoms with E-state index in [4.69, 9.17) is 0 Å². The van der Waals surface area contributed by atoms with Crippen LogP contribution in [0.5, 0.6) is 0 Å². The van der Waals surface area contributed by atoms with Crippen LogP contribution in [-0.2, 0) is 0 Å². The van der Waals surface area contributed by atoms with Gasteiger partial charge in [-0.25, -0.2) is 0 Å². The summed E-state index contributed by atoms with van der Waals surface area (Å²) < 4.78 is 0. The molecular weight excluding hydrogens is 375 g/mol. The van der Waals surface area contributed by atoms with Crippen molar-refractivity contribution in [2.24, 2.45) is 0 Å². The number of pyridine rings is 2. The molecule has 0 saturated carbocycles. The second-order valence-corrected chi connectivity index (χ2v) is 5.82. The van der Waals surface area contributed by atoms with Crippen LogP contribution < -0.4 is 5.32 Å². The lowest BCUT2D eigenvalue weighted by molar-refractivity contribution is 0.0620. The van der Waals surface area contributed by atoms with Gasteiger partial charge in [0.2, 0.25) is 0 Å². The number of amides is 2. The predicted octanol–water partition coefficient (Wildman–Crippen LogP) is 3.09. The summed E-state index contributed by atoms with van der Waals surface area (Å²) in [5.41, 5.74) is 1.04. The van der Waals surface area contributed by atoms with Gasteiger partial charge in [0, 0.05) is 31.3 Å². The first kappa shape index (κ1) is 21.9. The van der Waals surface area contributed by atoms with Gasteiger partial charge < -0.3 is 10.2 Å². The molecule has 2 aromatic rings. The second-order valence-electron chi connectivity index (χ2n) is 5.82. The molecule has 0 aliphatic carbocycles. The molecule has 8 heteroatoms. The zero-order chi connectivity index (χ0) is 16.8. The van der Waals surface area contributed by atoms with E-state index in [1.54, 1.807) is 47.8 Å². The Bertz CT molecular complexity index is 701. The minimum absolute atomic E-state index is 0. The number of nitrogens with zero attached hydrogens (tertiary/aromatic N) is 3. The quantitative estimate of drug-likeness (QED) is 0.864. The number of rotatable bonds is 3. The van der Waals surface area contributed by atoms with Crippen molar-refractivity contribution in [3.8, 4) is 0 Å². The molecule has 1 saturated heterocycles. The van der Waals surface area contributed by atoms with E-state index in [9.17, 15) is 9.59 Å². The van der Waals surface area contributed by atoms with E-state index in [2.05, 4.69) is 15.3 Å². The minimum atomic E-state index is -0.312. The van der Waals surface area contributed by atoms with E-state index in [0.717, 1.165) is 25.7 Å². The highest BCUT2D eigenvalue weighted by Crippen LogP contribution is 2.18. The molecule has 0 radical (unpaired) electrons. The van der Waals surface area contributed by atoms with Crippen LogP contribution in [0, 0.1) is 0 Å². The summed E-state index contributed by atoms with van der Waals surface area (Å²) in [6.07, 6.45) is 9.76. The summed E-state index contributed by atoms with van der Waals surface area (Å²) in [5, 5.41) is 2.98. The molecule has 1 atom stereocenters. The Morgan fingerprint density at radius 3 is 2.23 bits per heavy atom. The molecule has 3 heterocycles. The molecule has 2 amide bonds. The lowest BCUT2D eigenvalue weighted by atomic mass is 10.2. The van der Waals surface area contributed by atoms with Crippen molar-refractivity contribution in [2.75, 3.05) is 6.54 Å². The zero-order valence-electron chi connectivity index (χ0n) is 14.2. The summed E-state index contributed by atoms with van der Waals surface area (Å²) in [4.78, 5) is 35.0. The van der Waals surface area contributed by atoms with Crippen molar-refractivity contribution >= 4 is 36.6 Å². The first-order chi connectivity index (χ1) is 11.8.